The van der Waals surface area contributed by atoms with Crippen LogP contribution in [0.15, 0.2) is 28.6 Å². The van der Waals surface area contributed by atoms with Crippen LogP contribution in [-0.4, -0.2) is 20.9 Å². The number of anilines is 2. The summed E-state index contributed by atoms with van der Waals surface area (Å²) in [6.07, 6.45) is 0. The summed E-state index contributed by atoms with van der Waals surface area (Å²) in [7, 11) is 0. The minimum atomic E-state index is -0.0419. The van der Waals surface area contributed by atoms with Crippen LogP contribution in [0.4, 0.5) is 10.8 Å². The second-order valence-electron chi connectivity index (χ2n) is 7.52. The van der Waals surface area contributed by atoms with Crippen LogP contribution in [0.1, 0.15) is 40.0 Å². The first-order chi connectivity index (χ1) is 14.8. The van der Waals surface area contributed by atoms with Crippen molar-refractivity contribution in [3.63, 3.8) is 0 Å². The normalized spacial score (nSPS) is 11.3. The van der Waals surface area contributed by atoms with Crippen LogP contribution in [0.2, 0.25) is 0 Å². The lowest BCUT2D eigenvalue weighted by Gasteiger charge is -2.21. The van der Waals surface area contributed by atoms with Gasteiger partial charge in [0.25, 0.3) is 0 Å². The van der Waals surface area contributed by atoms with Crippen LogP contribution in [0, 0.1) is 34.6 Å². The van der Waals surface area contributed by atoms with Crippen LogP contribution in [0.5, 0.6) is 0 Å². The predicted octanol–water partition coefficient (Wildman–Crippen LogP) is 6.67. The SMILES string of the molecule is CC(=O)N(c1nc(CSc2nc(C)nc3sc(C)c(C)c23)cs1)c1cccc(C)c1C. The highest BCUT2D eigenvalue weighted by atomic mass is 32.2. The molecule has 0 aliphatic rings. The largest absolute Gasteiger partial charge is 0.274 e. The Bertz CT molecular complexity index is 1290. The summed E-state index contributed by atoms with van der Waals surface area (Å²) in [6, 6.07) is 6.01. The number of amides is 1. The minimum absolute atomic E-state index is 0.0419. The number of benzene rings is 1. The van der Waals surface area contributed by atoms with Crippen LogP contribution in [-0.2, 0) is 10.5 Å². The van der Waals surface area contributed by atoms with Crippen molar-refractivity contribution in [3.05, 3.63) is 56.7 Å². The Morgan fingerprint density at radius 2 is 1.84 bits per heavy atom. The third kappa shape index (κ3) is 4.24. The maximum absolute atomic E-state index is 12.5. The highest BCUT2D eigenvalue weighted by Crippen LogP contribution is 2.37. The first kappa shape index (κ1) is 21.9. The molecule has 31 heavy (non-hydrogen) atoms. The molecule has 0 fully saturated rings. The summed E-state index contributed by atoms with van der Waals surface area (Å²) in [5.41, 5.74) is 5.32. The molecule has 3 aromatic heterocycles. The van der Waals surface area contributed by atoms with E-state index in [2.05, 4.69) is 31.8 Å². The third-order valence-corrected chi connectivity index (χ3v) is 8.31. The molecule has 1 aromatic carbocycles. The maximum Gasteiger partial charge on any atom is 0.230 e. The van der Waals surface area contributed by atoms with Gasteiger partial charge in [0.1, 0.15) is 15.7 Å². The number of carbonyl (C=O) groups excluding carboxylic acids is 1. The van der Waals surface area contributed by atoms with Crippen molar-refractivity contribution in [2.45, 2.75) is 52.3 Å². The number of rotatable bonds is 5. The predicted molar refractivity (Wildman–Crippen MR) is 132 cm³/mol. The van der Waals surface area contributed by atoms with Crippen molar-refractivity contribution in [1.29, 1.82) is 0 Å². The Morgan fingerprint density at radius 1 is 1.06 bits per heavy atom. The molecule has 0 N–H and O–H groups in total. The van der Waals surface area contributed by atoms with Gasteiger partial charge in [-0.15, -0.1) is 22.7 Å². The molecule has 0 aliphatic heterocycles. The molecular weight excluding hydrogens is 444 g/mol. The summed E-state index contributed by atoms with van der Waals surface area (Å²) >= 11 is 4.89. The van der Waals surface area contributed by atoms with Crippen molar-refractivity contribution < 1.29 is 4.79 Å². The Hall–Kier alpha value is -2.29. The van der Waals surface area contributed by atoms with E-state index in [-0.39, 0.29) is 5.91 Å². The zero-order chi connectivity index (χ0) is 22.3. The van der Waals surface area contributed by atoms with Gasteiger partial charge in [0.2, 0.25) is 5.91 Å². The van der Waals surface area contributed by atoms with E-state index in [0.717, 1.165) is 43.6 Å². The third-order valence-electron chi connectivity index (χ3n) is 5.33. The molecule has 0 radical (unpaired) electrons. The molecule has 0 saturated carbocycles. The second-order valence-corrected chi connectivity index (χ2v) is 10.5. The quantitative estimate of drug-likeness (QED) is 0.242. The molecule has 0 saturated heterocycles. The van der Waals surface area contributed by atoms with Gasteiger partial charge in [-0.25, -0.2) is 15.0 Å². The number of carbonyl (C=O) groups is 1. The zero-order valence-corrected chi connectivity index (χ0v) is 20.9. The van der Waals surface area contributed by atoms with Crippen molar-refractivity contribution in [2.75, 3.05) is 4.90 Å². The van der Waals surface area contributed by atoms with Gasteiger partial charge < -0.3 is 0 Å². The molecule has 4 rings (SSSR count). The second kappa shape index (κ2) is 8.68. The molecule has 3 heterocycles. The van der Waals surface area contributed by atoms with E-state index in [0.29, 0.717) is 10.9 Å². The average Bonchev–Trinajstić information content (AvgIpc) is 3.28. The molecule has 0 aliphatic carbocycles. The van der Waals surface area contributed by atoms with Crippen molar-refractivity contribution in [1.82, 2.24) is 15.0 Å². The summed E-state index contributed by atoms with van der Waals surface area (Å²) in [6.45, 7) is 11.9. The molecule has 1 amide bonds. The smallest absolute Gasteiger partial charge is 0.230 e. The van der Waals surface area contributed by atoms with Crippen molar-refractivity contribution in [3.8, 4) is 0 Å². The van der Waals surface area contributed by atoms with Gasteiger partial charge in [-0.05, 0) is 57.4 Å². The number of fused-ring (bicyclic) bond motifs is 1. The Labute approximate surface area is 194 Å². The fraction of sp³-hybridized carbons (Fsp3) is 0.304. The Kier molecular flexibility index (Phi) is 6.14. The van der Waals surface area contributed by atoms with Gasteiger partial charge in [-0.3, -0.25) is 9.69 Å². The van der Waals surface area contributed by atoms with E-state index >= 15 is 0 Å². The first-order valence-electron chi connectivity index (χ1n) is 9.94. The van der Waals surface area contributed by atoms with E-state index in [1.165, 1.54) is 21.8 Å². The fourth-order valence-electron chi connectivity index (χ4n) is 3.41. The van der Waals surface area contributed by atoms with E-state index in [9.17, 15) is 4.79 Å². The van der Waals surface area contributed by atoms with E-state index < -0.39 is 0 Å². The molecule has 0 unspecified atom stereocenters. The number of nitrogens with zero attached hydrogens (tertiary/aromatic N) is 4. The molecule has 8 heteroatoms. The first-order valence-corrected chi connectivity index (χ1v) is 12.6. The lowest BCUT2D eigenvalue weighted by atomic mass is 10.1. The summed E-state index contributed by atoms with van der Waals surface area (Å²) in [5.74, 6) is 1.43. The van der Waals surface area contributed by atoms with Crippen molar-refractivity contribution >= 4 is 61.4 Å². The number of thioether (sulfide) groups is 1. The molecule has 0 spiro atoms. The lowest BCUT2D eigenvalue weighted by Crippen LogP contribution is -2.23. The molecule has 0 atom stereocenters. The molecule has 160 valence electrons. The van der Waals surface area contributed by atoms with Crippen LogP contribution in [0.25, 0.3) is 10.2 Å². The number of hydrogen-bond acceptors (Lipinski definition) is 7. The highest BCUT2D eigenvalue weighted by Gasteiger charge is 2.21. The van der Waals surface area contributed by atoms with Crippen molar-refractivity contribution in [2.24, 2.45) is 0 Å². The summed E-state index contributed by atoms with van der Waals surface area (Å²) in [5, 5.41) is 4.87. The van der Waals surface area contributed by atoms with Gasteiger partial charge in [0, 0.05) is 28.3 Å². The number of hydrogen-bond donors (Lipinski definition) is 0. The highest BCUT2D eigenvalue weighted by molar-refractivity contribution is 7.98. The number of thiazole rings is 1. The Morgan fingerprint density at radius 3 is 2.58 bits per heavy atom. The van der Waals surface area contributed by atoms with Crippen LogP contribution >= 0.6 is 34.4 Å². The Balaban J connectivity index is 1.62. The molecule has 4 aromatic rings. The number of thiophene rings is 1. The van der Waals surface area contributed by atoms with E-state index in [4.69, 9.17) is 9.97 Å². The van der Waals surface area contributed by atoms with Gasteiger partial charge in [-0.2, -0.15) is 0 Å². The monoisotopic (exact) mass is 468 g/mol. The number of aryl methyl sites for hydroxylation is 4. The number of aromatic nitrogens is 3. The van der Waals surface area contributed by atoms with Gasteiger partial charge in [-0.1, -0.05) is 23.9 Å². The lowest BCUT2D eigenvalue weighted by molar-refractivity contribution is -0.115. The summed E-state index contributed by atoms with van der Waals surface area (Å²) < 4.78 is 0. The fourth-order valence-corrected chi connectivity index (χ4v) is 6.56. The molecule has 0 bridgehead atoms. The van der Waals surface area contributed by atoms with Gasteiger partial charge in [0.05, 0.1) is 11.4 Å². The van der Waals surface area contributed by atoms with Crippen LogP contribution < -0.4 is 4.90 Å². The van der Waals surface area contributed by atoms with E-state index in [1.807, 2.05) is 31.4 Å². The summed E-state index contributed by atoms with van der Waals surface area (Å²) in [4.78, 5) is 30.6. The standard InChI is InChI=1S/C23H24N4OS3/c1-12-8-7-9-19(13(12)2)27(17(6)28)23-26-18(11-30-23)10-29-21-20-14(3)15(4)31-22(20)25-16(5)24-21/h7-9,11H,10H2,1-6H3. The average molecular weight is 469 g/mol. The van der Waals surface area contributed by atoms with Crippen LogP contribution in [0.3, 0.4) is 0 Å². The van der Waals surface area contributed by atoms with Gasteiger partial charge >= 0.3 is 0 Å². The zero-order valence-electron chi connectivity index (χ0n) is 18.4. The van der Waals surface area contributed by atoms with E-state index in [1.54, 1.807) is 34.9 Å². The topological polar surface area (TPSA) is 59.0 Å². The molecule has 5 nitrogen and oxygen atoms in total. The molecular formula is C23H24N4OS3. The minimum Gasteiger partial charge on any atom is -0.274 e. The van der Waals surface area contributed by atoms with Gasteiger partial charge in [0.15, 0.2) is 5.13 Å². The maximum atomic E-state index is 12.5.